The summed E-state index contributed by atoms with van der Waals surface area (Å²) in [6.45, 7) is 8.79. The van der Waals surface area contributed by atoms with Gasteiger partial charge in [0.1, 0.15) is 0 Å². The molecule has 7 rings (SSSR count). The molecule has 5 aromatic rings. The second kappa shape index (κ2) is 20.7. The summed E-state index contributed by atoms with van der Waals surface area (Å²) in [5.41, 5.74) is 6.65. The van der Waals surface area contributed by atoms with Gasteiger partial charge in [-0.2, -0.15) is 13.3 Å². The fourth-order valence-corrected chi connectivity index (χ4v) is 5.59. The molecule has 235 valence electrons. The average Bonchev–Trinajstić information content (AvgIpc) is 3.47. The van der Waals surface area contributed by atoms with Crippen molar-refractivity contribution in [2.24, 2.45) is 11.8 Å². The maximum absolute atomic E-state index is 9.67. The van der Waals surface area contributed by atoms with E-state index in [-0.39, 0.29) is 25.8 Å². The molecule has 2 heterocycles. The van der Waals surface area contributed by atoms with E-state index in [4.69, 9.17) is 9.59 Å². The average molecular weight is 706 g/mol. The monoisotopic (exact) mass is 708 g/mol. The Labute approximate surface area is 281 Å². The second-order valence-corrected chi connectivity index (χ2v) is 9.90. The predicted octanol–water partition coefficient (Wildman–Crippen LogP) is 6.18. The summed E-state index contributed by atoms with van der Waals surface area (Å²) in [6, 6.07) is 29.3. The van der Waals surface area contributed by atoms with Crippen molar-refractivity contribution in [2.45, 2.75) is 19.8 Å². The van der Waals surface area contributed by atoms with Crippen molar-refractivity contribution in [3.8, 4) is 22.3 Å². The SMILES string of the molecule is C[C-]1CCC2C=CC=CC12.FB(F)F.[CH-]=O.[CH-]=O.[F-].[Mo+3].c1ccc(-c2ccnc3c2ccc2c(-c4ccccc4)ccnc23)cc1. The number of benzene rings is 3. The van der Waals surface area contributed by atoms with Crippen molar-refractivity contribution in [2.75, 3.05) is 0 Å². The molecule has 2 aliphatic carbocycles. The first-order chi connectivity index (χ1) is 21.5. The number of halogens is 4. The molecule has 1 saturated carbocycles. The van der Waals surface area contributed by atoms with Crippen molar-refractivity contribution in [3.05, 3.63) is 128 Å². The van der Waals surface area contributed by atoms with Crippen LogP contribution in [-0.4, -0.2) is 31.1 Å². The van der Waals surface area contributed by atoms with Crippen LogP contribution >= 0.6 is 0 Å². The molecule has 2 unspecified atom stereocenters. The summed E-state index contributed by atoms with van der Waals surface area (Å²) in [5, 5.41) is 2.26. The summed E-state index contributed by atoms with van der Waals surface area (Å²) in [5.74, 6) is 3.29. The minimum Gasteiger partial charge on any atom is -1.00 e. The molecule has 46 heavy (non-hydrogen) atoms. The number of hydrogen-bond donors (Lipinski definition) is 0. The van der Waals surface area contributed by atoms with Crippen LogP contribution in [0.1, 0.15) is 19.8 Å². The van der Waals surface area contributed by atoms with Crippen LogP contribution in [0.4, 0.5) is 12.9 Å². The number of fused-ring (bicyclic) bond motifs is 4. The molecule has 2 atom stereocenters. The van der Waals surface area contributed by atoms with Crippen LogP contribution in [0.3, 0.4) is 0 Å². The summed E-state index contributed by atoms with van der Waals surface area (Å²) in [6.07, 6.45) is 15.5. The normalized spacial score (nSPS) is 15.4. The van der Waals surface area contributed by atoms with E-state index in [0.29, 0.717) is 0 Å². The van der Waals surface area contributed by atoms with Gasteiger partial charge in [-0.25, -0.2) is 0 Å². The predicted molar refractivity (Wildman–Crippen MR) is 174 cm³/mol. The van der Waals surface area contributed by atoms with Gasteiger partial charge in [0.2, 0.25) is 0 Å². The van der Waals surface area contributed by atoms with Crippen LogP contribution in [0, 0.1) is 17.8 Å². The van der Waals surface area contributed by atoms with Gasteiger partial charge in [-0.15, -0.1) is 12.0 Å². The minimum absolute atomic E-state index is 0. The molecular formula is C36H31BF4MoN2O2-. The molecule has 2 aliphatic rings. The topological polar surface area (TPSA) is 59.9 Å². The minimum atomic E-state index is -3.67. The number of rotatable bonds is 2. The second-order valence-electron chi connectivity index (χ2n) is 9.90. The van der Waals surface area contributed by atoms with Crippen LogP contribution < -0.4 is 4.70 Å². The molecule has 2 aromatic heterocycles. The zero-order valence-electron chi connectivity index (χ0n) is 25.0. The molecule has 1 radical (unpaired) electrons. The Morgan fingerprint density at radius 2 is 1.11 bits per heavy atom. The number of nitrogens with zero attached hydrogens (tertiary/aromatic N) is 2. The van der Waals surface area contributed by atoms with Crippen molar-refractivity contribution in [3.63, 3.8) is 0 Å². The number of allylic oxidation sites excluding steroid dienone is 4. The van der Waals surface area contributed by atoms with Gasteiger partial charge in [-0.1, -0.05) is 97.4 Å². The van der Waals surface area contributed by atoms with Crippen LogP contribution in [0.15, 0.2) is 122 Å². The van der Waals surface area contributed by atoms with E-state index in [2.05, 4.69) is 128 Å². The Bertz CT molecular complexity index is 1570. The van der Waals surface area contributed by atoms with Crippen LogP contribution in [0.5, 0.6) is 0 Å². The van der Waals surface area contributed by atoms with E-state index < -0.39 is 7.54 Å². The Kier molecular flexibility index (Phi) is 17.9. The third-order valence-corrected chi connectivity index (χ3v) is 7.48. The molecule has 10 heteroatoms. The van der Waals surface area contributed by atoms with Crippen molar-refractivity contribution >= 4 is 42.9 Å². The van der Waals surface area contributed by atoms with Gasteiger partial charge in [-0.3, -0.25) is 36.5 Å². The van der Waals surface area contributed by atoms with Gasteiger partial charge in [0.15, 0.2) is 0 Å². The number of aromatic nitrogens is 2. The Morgan fingerprint density at radius 1 is 0.696 bits per heavy atom. The molecule has 0 spiro atoms. The number of pyridine rings is 2. The molecule has 0 bridgehead atoms. The molecule has 3 aromatic carbocycles. The van der Waals surface area contributed by atoms with E-state index in [1.807, 2.05) is 24.5 Å². The van der Waals surface area contributed by atoms with Crippen LogP contribution in [0.2, 0.25) is 0 Å². The maximum Gasteiger partial charge on any atom is 3.00 e. The van der Waals surface area contributed by atoms with Gasteiger partial charge in [0, 0.05) is 23.2 Å². The summed E-state index contributed by atoms with van der Waals surface area (Å²) < 4.78 is 29.0. The fraction of sp³-hybridized carbons (Fsp3) is 0.139. The Hall–Kier alpha value is -4.23. The zero-order valence-corrected chi connectivity index (χ0v) is 27.0. The van der Waals surface area contributed by atoms with Crippen molar-refractivity contribution in [1.82, 2.24) is 9.97 Å². The van der Waals surface area contributed by atoms with E-state index in [1.54, 1.807) is 5.92 Å². The van der Waals surface area contributed by atoms with E-state index >= 15 is 0 Å². The summed E-state index contributed by atoms with van der Waals surface area (Å²) >= 11 is 0. The third kappa shape index (κ3) is 10.1. The standard InChI is InChI=1S/C24H16N2.C10H13.2CHO.BF3.FH.Mo/c1-3-7-17(8-4-1)19-13-15-25-23-21(19)11-12-22-20(14-16-26-24(22)23)18-9-5-2-6-10-18;1-8-6-7-9-4-2-3-5-10(8)9;2*1-2;2-1(3)4;;/h1-16H;2-5,9-10H,6-7H2,1H3;2*1H;;1H;/q;3*-1;;;+3/p-1. The number of carbonyl (C=O) groups excluding carboxylic acids is 2. The molecule has 0 amide bonds. The van der Waals surface area contributed by atoms with Crippen molar-refractivity contribution < 1.29 is 48.3 Å². The molecule has 0 aliphatic heterocycles. The summed E-state index contributed by atoms with van der Waals surface area (Å²) in [7, 11) is -3.67. The van der Waals surface area contributed by atoms with Gasteiger partial charge in [-0.05, 0) is 40.3 Å². The molecule has 1 fully saturated rings. The Balaban J connectivity index is 0.000000442. The van der Waals surface area contributed by atoms with Gasteiger partial charge >= 0.3 is 28.6 Å². The number of hydrogen-bond acceptors (Lipinski definition) is 4. The van der Waals surface area contributed by atoms with E-state index in [9.17, 15) is 12.9 Å². The quantitative estimate of drug-likeness (QED) is 0.0724. The van der Waals surface area contributed by atoms with Crippen LogP contribution in [-0.2, 0) is 30.7 Å². The first kappa shape index (κ1) is 39.8. The maximum atomic E-state index is 9.67. The Morgan fingerprint density at radius 3 is 1.52 bits per heavy atom. The molecular weight excluding hydrogens is 675 g/mol. The fourth-order valence-electron chi connectivity index (χ4n) is 5.59. The smallest absolute Gasteiger partial charge is 1.00 e. The summed E-state index contributed by atoms with van der Waals surface area (Å²) in [4.78, 5) is 24.8. The molecule has 4 nitrogen and oxygen atoms in total. The first-order valence-electron chi connectivity index (χ1n) is 13.9. The van der Waals surface area contributed by atoms with Crippen molar-refractivity contribution in [1.29, 1.82) is 0 Å². The van der Waals surface area contributed by atoms with Gasteiger partial charge < -0.3 is 20.2 Å². The van der Waals surface area contributed by atoms with E-state index in [0.717, 1.165) is 33.6 Å². The van der Waals surface area contributed by atoms with Gasteiger partial charge in [0.25, 0.3) is 0 Å². The largest absolute Gasteiger partial charge is 3.00 e. The zero-order chi connectivity index (χ0) is 31.9. The third-order valence-electron chi connectivity index (χ3n) is 7.48. The van der Waals surface area contributed by atoms with Gasteiger partial charge in [0.05, 0.1) is 11.0 Å². The molecule has 0 saturated heterocycles. The first-order valence-corrected chi connectivity index (χ1v) is 13.9. The van der Waals surface area contributed by atoms with E-state index in [1.165, 1.54) is 35.1 Å². The molecule has 0 N–H and O–H groups in total. The van der Waals surface area contributed by atoms with Crippen LogP contribution in [0.25, 0.3) is 44.1 Å².